The van der Waals surface area contributed by atoms with E-state index in [1.807, 2.05) is 0 Å². The van der Waals surface area contributed by atoms with E-state index in [4.69, 9.17) is 18.9 Å². The summed E-state index contributed by atoms with van der Waals surface area (Å²) >= 11 is 0. The van der Waals surface area contributed by atoms with Gasteiger partial charge in [-0.15, -0.1) is 0 Å². The number of amides is 1. The van der Waals surface area contributed by atoms with Crippen LogP contribution in [-0.2, 0) is 28.5 Å². The van der Waals surface area contributed by atoms with E-state index in [1.54, 1.807) is 0 Å². The minimum Gasteiger partial charge on any atom is -0.547 e. The maximum atomic E-state index is 12.4. The molecule has 0 aromatic rings. The number of carbonyl (C=O) groups excluding carboxylic acids is 2. The lowest BCUT2D eigenvalue weighted by Crippen LogP contribution is -2.87. The van der Waals surface area contributed by atoms with Gasteiger partial charge in [0.1, 0.15) is 45.2 Å². The van der Waals surface area contributed by atoms with Crippen molar-refractivity contribution in [3.8, 4) is 0 Å². The summed E-state index contributed by atoms with van der Waals surface area (Å²) in [6, 6.07) is 0. The number of methoxy groups -OCH3 is 1. The zero-order valence-electron chi connectivity index (χ0n) is 22.1. The zero-order valence-corrected chi connectivity index (χ0v) is 22.1. The summed E-state index contributed by atoms with van der Waals surface area (Å²) in [5.74, 6) is -2.30. The van der Waals surface area contributed by atoms with Crippen LogP contribution in [0.15, 0.2) is 0 Å². The molecule has 2 saturated heterocycles. The highest BCUT2D eigenvalue weighted by Gasteiger charge is 2.74. The maximum absolute atomic E-state index is 12.4. The first-order chi connectivity index (χ1) is 15.6. The Morgan fingerprint density at radius 2 is 1.57 bits per heavy atom. The van der Waals surface area contributed by atoms with Gasteiger partial charge in [0.2, 0.25) is 5.91 Å². The van der Waals surface area contributed by atoms with Crippen molar-refractivity contribution in [2.75, 3.05) is 13.7 Å². The lowest BCUT2D eigenvalue weighted by Gasteiger charge is -2.66. The highest BCUT2D eigenvalue weighted by molar-refractivity contribution is 5.78. The van der Waals surface area contributed by atoms with Crippen LogP contribution in [0.2, 0.25) is 0 Å². The molecule has 10 atom stereocenters. The molecule has 204 valence electrons. The Bertz CT molecular complexity index is 864. The van der Waals surface area contributed by atoms with E-state index in [2.05, 4.69) is 5.32 Å². The molecule has 0 aromatic carbocycles. The van der Waals surface area contributed by atoms with Gasteiger partial charge in [-0.3, -0.25) is 4.79 Å². The molecule has 2 aliphatic rings. The molecule has 5 N–H and O–H groups in total. The number of carboxylic acids is 1. The van der Waals surface area contributed by atoms with Gasteiger partial charge in [-0.05, 0) is 55.4 Å². The minimum absolute atomic E-state index is 0.562. The van der Waals surface area contributed by atoms with E-state index in [-0.39, 0.29) is 0 Å². The van der Waals surface area contributed by atoms with E-state index in [0.717, 1.165) is 6.92 Å². The molecular weight excluding hydrogens is 466 g/mol. The molecule has 35 heavy (non-hydrogen) atoms. The second kappa shape index (κ2) is 8.59. The molecule has 10 unspecified atom stereocenters. The Labute approximate surface area is 205 Å². The summed E-state index contributed by atoms with van der Waals surface area (Å²) < 4.78 is 23.6. The SMILES string of the molecule is COC1(C)C(O)C(C)(CO)OC(OC2(C)C(C)(C(=O)[O-])OC(C)C(C)(O)C2(C)O)C1(C)NC(C)=O. The van der Waals surface area contributed by atoms with Gasteiger partial charge in [-0.1, -0.05) is 0 Å². The summed E-state index contributed by atoms with van der Waals surface area (Å²) in [5, 5.41) is 59.2. The number of carbonyl (C=O) groups is 2. The normalized spacial score (nSPS) is 52.7. The Kier molecular flexibility index (Phi) is 7.33. The molecule has 0 aliphatic carbocycles. The fourth-order valence-corrected chi connectivity index (χ4v) is 5.27. The molecule has 2 fully saturated rings. The second-order valence-electron chi connectivity index (χ2n) is 11.0. The molecule has 0 radical (unpaired) electrons. The van der Waals surface area contributed by atoms with E-state index in [9.17, 15) is 35.1 Å². The van der Waals surface area contributed by atoms with Gasteiger partial charge in [-0.25, -0.2) is 0 Å². The summed E-state index contributed by atoms with van der Waals surface area (Å²) in [4.78, 5) is 24.7. The van der Waals surface area contributed by atoms with Gasteiger partial charge in [0.05, 0.1) is 18.7 Å². The van der Waals surface area contributed by atoms with Gasteiger partial charge in [0.25, 0.3) is 0 Å². The van der Waals surface area contributed by atoms with Gasteiger partial charge >= 0.3 is 0 Å². The highest BCUT2D eigenvalue weighted by atomic mass is 16.7. The van der Waals surface area contributed by atoms with Crippen LogP contribution in [-0.4, -0.2) is 104 Å². The van der Waals surface area contributed by atoms with Gasteiger partial charge < -0.3 is 54.6 Å². The minimum atomic E-state index is -2.34. The summed E-state index contributed by atoms with van der Waals surface area (Å²) in [6.07, 6.45) is -4.33. The number of hydrogen-bond donors (Lipinski definition) is 5. The number of hydrogen-bond acceptors (Lipinski definition) is 11. The quantitative estimate of drug-likeness (QED) is 0.267. The van der Waals surface area contributed by atoms with Crippen LogP contribution in [0, 0.1) is 0 Å². The summed E-state index contributed by atoms with van der Waals surface area (Å²) in [6.45, 7) is 11.0. The monoisotopic (exact) mass is 506 g/mol. The lowest BCUT2D eigenvalue weighted by molar-refractivity contribution is -0.441. The standard InChI is InChI=1S/C23H41NO11/c1-12-19(5,30)22(8,31)23(9,21(7,33-12)15(28)29)35-16-18(4,24-13(2)26)20(6,32-10)14(27)17(3,11-25)34-16/h12,14,16,25,27,30-31H,11H2,1-10H3,(H,24,26)(H,28,29)/p-1. The molecule has 2 heterocycles. The molecule has 0 aromatic heterocycles. The third-order valence-electron chi connectivity index (χ3n) is 8.91. The molecule has 2 aliphatic heterocycles. The molecule has 1 amide bonds. The largest absolute Gasteiger partial charge is 0.547 e. The van der Waals surface area contributed by atoms with E-state index in [0.29, 0.717) is 0 Å². The number of aliphatic hydroxyl groups excluding tert-OH is 2. The number of aliphatic hydroxyl groups is 4. The van der Waals surface area contributed by atoms with Gasteiger partial charge in [0, 0.05) is 14.0 Å². The molecule has 0 spiro atoms. The third kappa shape index (κ3) is 3.72. The summed E-state index contributed by atoms with van der Waals surface area (Å²) in [5.41, 5.74) is -14.0. The van der Waals surface area contributed by atoms with Crippen molar-refractivity contribution >= 4 is 11.9 Å². The van der Waals surface area contributed by atoms with E-state index >= 15 is 0 Å². The van der Waals surface area contributed by atoms with Crippen molar-refractivity contribution in [3.63, 3.8) is 0 Å². The number of carboxylic acid groups (broad SMARTS) is 1. The Balaban J connectivity index is 2.83. The maximum Gasteiger partial charge on any atom is 0.217 e. The van der Waals surface area contributed by atoms with Gasteiger partial charge in [0.15, 0.2) is 6.29 Å². The van der Waals surface area contributed by atoms with Crippen molar-refractivity contribution in [2.45, 2.75) is 120 Å². The van der Waals surface area contributed by atoms with E-state index < -0.39 is 76.1 Å². The first-order valence-electron chi connectivity index (χ1n) is 11.4. The van der Waals surface area contributed by atoms with Crippen molar-refractivity contribution in [3.05, 3.63) is 0 Å². The third-order valence-corrected chi connectivity index (χ3v) is 8.91. The first-order valence-corrected chi connectivity index (χ1v) is 11.4. The number of rotatable bonds is 6. The zero-order chi connectivity index (χ0) is 27.6. The number of aliphatic carboxylic acids is 1. The molecule has 0 bridgehead atoms. The first kappa shape index (κ1) is 29.8. The fraction of sp³-hybridized carbons (Fsp3) is 0.913. The van der Waals surface area contributed by atoms with Gasteiger partial charge in [-0.2, -0.15) is 0 Å². The van der Waals surface area contributed by atoms with Crippen LogP contribution in [0.5, 0.6) is 0 Å². The Hall–Kier alpha value is -1.38. The molecule has 2 rings (SSSR count). The van der Waals surface area contributed by atoms with Crippen molar-refractivity contribution in [1.82, 2.24) is 5.32 Å². The average molecular weight is 507 g/mol. The predicted octanol–water partition coefficient (Wildman–Crippen LogP) is -2.04. The lowest BCUT2D eigenvalue weighted by atomic mass is 9.61. The van der Waals surface area contributed by atoms with Crippen LogP contribution in [0.3, 0.4) is 0 Å². The smallest absolute Gasteiger partial charge is 0.217 e. The molecule has 12 nitrogen and oxygen atoms in total. The topological polar surface area (TPSA) is 187 Å². The van der Waals surface area contributed by atoms with Crippen LogP contribution in [0.4, 0.5) is 0 Å². The predicted molar refractivity (Wildman–Crippen MR) is 119 cm³/mol. The van der Waals surface area contributed by atoms with Crippen LogP contribution in [0.25, 0.3) is 0 Å². The van der Waals surface area contributed by atoms with Crippen LogP contribution < -0.4 is 10.4 Å². The van der Waals surface area contributed by atoms with Crippen LogP contribution >= 0.6 is 0 Å². The molecule has 12 heteroatoms. The van der Waals surface area contributed by atoms with E-state index in [1.165, 1.54) is 62.5 Å². The average Bonchev–Trinajstić information content (AvgIpc) is 2.74. The molecule has 0 saturated carbocycles. The number of nitrogens with one attached hydrogen (secondary N) is 1. The van der Waals surface area contributed by atoms with Crippen molar-refractivity contribution in [2.24, 2.45) is 0 Å². The second-order valence-corrected chi connectivity index (χ2v) is 11.0. The number of ether oxygens (including phenoxy) is 4. The van der Waals surface area contributed by atoms with Crippen molar-refractivity contribution < 1.29 is 54.1 Å². The molecular formula is C23H40NO11-. The highest BCUT2D eigenvalue weighted by Crippen LogP contribution is 2.54. The van der Waals surface area contributed by atoms with Crippen molar-refractivity contribution in [1.29, 1.82) is 0 Å². The Morgan fingerprint density at radius 3 is 1.97 bits per heavy atom. The van der Waals surface area contributed by atoms with Crippen LogP contribution in [0.1, 0.15) is 62.3 Å². The summed E-state index contributed by atoms with van der Waals surface area (Å²) in [7, 11) is 1.28. The Morgan fingerprint density at radius 1 is 1.06 bits per heavy atom. The fourth-order valence-electron chi connectivity index (χ4n) is 5.27.